The lowest BCUT2D eigenvalue weighted by Gasteiger charge is -1.91. The lowest BCUT2D eigenvalue weighted by Crippen LogP contribution is -1.82. The van der Waals surface area contributed by atoms with E-state index in [-0.39, 0.29) is 0 Å². The van der Waals surface area contributed by atoms with Gasteiger partial charge in [0.05, 0.1) is 0 Å². The molecule has 6 heavy (non-hydrogen) atoms. The van der Waals surface area contributed by atoms with Gasteiger partial charge in [0, 0.05) is 5.25 Å². The summed E-state index contributed by atoms with van der Waals surface area (Å²) in [6.07, 6.45) is 3.49. The van der Waals surface area contributed by atoms with E-state index in [0.29, 0.717) is 0 Å². The van der Waals surface area contributed by atoms with Crippen LogP contribution in [0, 0.1) is 0 Å². The van der Waals surface area contributed by atoms with Crippen LogP contribution >= 0.6 is 11.8 Å². The van der Waals surface area contributed by atoms with Crippen molar-refractivity contribution in [3.8, 4) is 0 Å². The molecule has 1 atom stereocenters. The van der Waals surface area contributed by atoms with Gasteiger partial charge in [-0.05, 0) is 11.8 Å². The molecule has 0 saturated heterocycles. The Kier molecular flexibility index (Phi) is 1.20. The summed E-state index contributed by atoms with van der Waals surface area (Å²) in [5, 5.41) is 3.02. The lowest BCUT2D eigenvalue weighted by atomic mass is 10.3. The predicted octanol–water partition coefficient (Wildman–Crippen LogP) is 2.03. The fourth-order valence-corrected chi connectivity index (χ4v) is 1.21. The standard InChI is InChI=1S/C5H8S/c1-5-3-2-4-6-5/h2,4-5H,3H2,1H3. The fourth-order valence-electron chi connectivity index (χ4n) is 0.492. The molecule has 34 valence electrons. The quantitative estimate of drug-likeness (QED) is 0.449. The average Bonchev–Trinajstić information content (AvgIpc) is 1.86. The van der Waals surface area contributed by atoms with Gasteiger partial charge in [-0.3, -0.25) is 0 Å². The molecule has 1 aliphatic heterocycles. The topological polar surface area (TPSA) is 0 Å². The van der Waals surface area contributed by atoms with Gasteiger partial charge in [-0.1, -0.05) is 13.0 Å². The zero-order valence-electron chi connectivity index (χ0n) is 3.85. The van der Waals surface area contributed by atoms with E-state index in [1.54, 1.807) is 0 Å². The van der Waals surface area contributed by atoms with Crippen LogP contribution in [0.1, 0.15) is 13.3 Å². The molecule has 0 bridgehead atoms. The summed E-state index contributed by atoms with van der Waals surface area (Å²) < 4.78 is 0. The molecule has 1 heterocycles. The van der Waals surface area contributed by atoms with Gasteiger partial charge in [0.1, 0.15) is 0 Å². The maximum absolute atomic E-state index is 2.24. The van der Waals surface area contributed by atoms with Crippen molar-refractivity contribution in [1.82, 2.24) is 0 Å². The normalized spacial score (nSPS) is 31.8. The molecular formula is C5H8S. The van der Waals surface area contributed by atoms with Gasteiger partial charge in [0.15, 0.2) is 0 Å². The third-order valence-electron chi connectivity index (χ3n) is 0.875. The van der Waals surface area contributed by atoms with Crippen LogP contribution in [0.4, 0.5) is 0 Å². The summed E-state index contributed by atoms with van der Waals surface area (Å²) in [7, 11) is 0. The molecule has 1 rings (SSSR count). The van der Waals surface area contributed by atoms with E-state index in [0.717, 1.165) is 5.25 Å². The molecule has 0 spiro atoms. The summed E-state index contributed by atoms with van der Waals surface area (Å²) in [5.74, 6) is 0. The highest BCUT2D eigenvalue weighted by Crippen LogP contribution is 2.22. The Morgan fingerprint density at radius 2 is 2.67 bits per heavy atom. The van der Waals surface area contributed by atoms with Crippen LogP contribution in [0.3, 0.4) is 0 Å². The summed E-state index contributed by atoms with van der Waals surface area (Å²) in [5.41, 5.74) is 0. The average molecular weight is 100 g/mol. The summed E-state index contributed by atoms with van der Waals surface area (Å²) in [4.78, 5) is 0. The SMILES string of the molecule is CC1CC=CS1. The minimum Gasteiger partial charge on any atom is -0.131 e. The molecule has 1 unspecified atom stereocenters. The van der Waals surface area contributed by atoms with Crippen LogP contribution in [-0.2, 0) is 0 Å². The van der Waals surface area contributed by atoms with E-state index >= 15 is 0 Å². The van der Waals surface area contributed by atoms with Crippen LogP contribution in [0.25, 0.3) is 0 Å². The van der Waals surface area contributed by atoms with Crippen molar-refractivity contribution in [2.75, 3.05) is 0 Å². The minimum absolute atomic E-state index is 0.852. The van der Waals surface area contributed by atoms with Gasteiger partial charge < -0.3 is 0 Å². The summed E-state index contributed by atoms with van der Waals surface area (Å²) in [6.45, 7) is 2.24. The van der Waals surface area contributed by atoms with Gasteiger partial charge in [-0.25, -0.2) is 0 Å². The first-order valence-electron chi connectivity index (χ1n) is 2.20. The molecule has 0 aromatic carbocycles. The van der Waals surface area contributed by atoms with Crippen LogP contribution in [0.5, 0.6) is 0 Å². The predicted molar refractivity (Wildman–Crippen MR) is 30.8 cm³/mol. The maximum Gasteiger partial charge on any atom is 0.00948 e. The third-order valence-corrected chi connectivity index (χ3v) is 1.88. The van der Waals surface area contributed by atoms with E-state index in [2.05, 4.69) is 18.4 Å². The van der Waals surface area contributed by atoms with E-state index in [1.165, 1.54) is 6.42 Å². The number of allylic oxidation sites excluding steroid dienone is 1. The zero-order valence-corrected chi connectivity index (χ0v) is 4.66. The second-order valence-electron chi connectivity index (χ2n) is 1.55. The molecule has 0 aromatic rings. The molecule has 0 aromatic heterocycles. The fraction of sp³-hybridized carbons (Fsp3) is 0.600. The smallest absolute Gasteiger partial charge is 0.00948 e. The van der Waals surface area contributed by atoms with E-state index in [9.17, 15) is 0 Å². The van der Waals surface area contributed by atoms with Gasteiger partial charge in [-0.2, -0.15) is 0 Å². The first kappa shape index (κ1) is 4.25. The van der Waals surface area contributed by atoms with Crippen LogP contribution in [0.2, 0.25) is 0 Å². The van der Waals surface area contributed by atoms with Crippen molar-refractivity contribution in [1.29, 1.82) is 0 Å². The molecule has 0 nitrogen and oxygen atoms in total. The minimum atomic E-state index is 0.852. The van der Waals surface area contributed by atoms with Crippen molar-refractivity contribution >= 4 is 11.8 Å². The molecule has 0 radical (unpaired) electrons. The first-order valence-corrected chi connectivity index (χ1v) is 3.14. The van der Waals surface area contributed by atoms with Crippen LogP contribution in [-0.4, -0.2) is 5.25 Å². The highest BCUT2D eigenvalue weighted by atomic mass is 32.2. The van der Waals surface area contributed by atoms with Crippen LogP contribution in [0.15, 0.2) is 11.5 Å². The molecule has 1 heteroatoms. The van der Waals surface area contributed by atoms with Crippen molar-refractivity contribution in [3.05, 3.63) is 11.5 Å². The van der Waals surface area contributed by atoms with E-state index in [1.807, 2.05) is 11.8 Å². The maximum atomic E-state index is 2.24. The van der Waals surface area contributed by atoms with E-state index < -0.39 is 0 Å². The Bertz CT molecular complexity index is 58.3. The second-order valence-corrected chi connectivity index (χ2v) is 2.90. The molecule has 0 N–H and O–H groups in total. The number of hydrogen-bond donors (Lipinski definition) is 0. The highest BCUT2D eigenvalue weighted by Gasteiger charge is 2.00. The Hall–Kier alpha value is 0.0900. The van der Waals surface area contributed by atoms with Crippen molar-refractivity contribution in [2.24, 2.45) is 0 Å². The molecule has 0 saturated carbocycles. The second kappa shape index (κ2) is 1.69. The third kappa shape index (κ3) is 0.777. The van der Waals surface area contributed by atoms with Crippen molar-refractivity contribution in [2.45, 2.75) is 18.6 Å². The highest BCUT2D eigenvalue weighted by molar-refractivity contribution is 8.02. The Morgan fingerprint density at radius 3 is 2.83 bits per heavy atom. The Balaban J connectivity index is 2.32. The molecule has 0 aliphatic carbocycles. The largest absolute Gasteiger partial charge is 0.131 e. The Morgan fingerprint density at radius 1 is 1.83 bits per heavy atom. The van der Waals surface area contributed by atoms with Crippen molar-refractivity contribution < 1.29 is 0 Å². The summed E-state index contributed by atoms with van der Waals surface area (Å²) >= 11 is 1.92. The molecule has 1 aliphatic rings. The van der Waals surface area contributed by atoms with Crippen LogP contribution < -0.4 is 0 Å². The monoisotopic (exact) mass is 100 g/mol. The zero-order chi connectivity index (χ0) is 4.41. The van der Waals surface area contributed by atoms with Crippen molar-refractivity contribution in [3.63, 3.8) is 0 Å². The van der Waals surface area contributed by atoms with Gasteiger partial charge in [-0.15, -0.1) is 11.8 Å². The van der Waals surface area contributed by atoms with E-state index in [4.69, 9.17) is 0 Å². The number of thioether (sulfide) groups is 1. The van der Waals surface area contributed by atoms with Gasteiger partial charge >= 0.3 is 0 Å². The summed E-state index contributed by atoms with van der Waals surface area (Å²) in [6, 6.07) is 0. The number of hydrogen-bond acceptors (Lipinski definition) is 1. The first-order chi connectivity index (χ1) is 2.89. The Labute approximate surface area is 42.6 Å². The number of rotatable bonds is 0. The molecular weight excluding hydrogens is 92.1 g/mol. The van der Waals surface area contributed by atoms with Gasteiger partial charge in [0.2, 0.25) is 0 Å². The molecule has 0 amide bonds. The lowest BCUT2D eigenvalue weighted by molar-refractivity contribution is 1.00. The molecule has 0 fully saturated rings. The van der Waals surface area contributed by atoms with Gasteiger partial charge in [0.25, 0.3) is 0 Å².